The van der Waals surface area contributed by atoms with E-state index in [9.17, 15) is 9.18 Å². The minimum atomic E-state index is -0.298. The fourth-order valence-electron chi connectivity index (χ4n) is 4.10. The van der Waals surface area contributed by atoms with Crippen LogP contribution in [0.2, 0.25) is 0 Å². The topological polar surface area (TPSA) is 72.7 Å². The second kappa shape index (κ2) is 9.09. The number of nitrogens with zero attached hydrogens (tertiary/aromatic N) is 5. The van der Waals surface area contributed by atoms with Gasteiger partial charge in [-0.05, 0) is 44.0 Å². The number of amides is 1. The average molecular weight is 417 g/mol. The first-order valence-electron chi connectivity index (χ1n) is 10.4. The van der Waals surface area contributed by atoms with Crippen molar-refractivity contribution in [3.8, 4) is 5.75 Å². The number of rotatable bonds is 6. The van der Waals surface area contributed by atoms with E-state index in [1.54, 1.807) is 12.1 Å². The number of hydrogen-bond donors (Lipinski definition) is 0. The Labute approximate surface area is 175 Å². The van der Waals surface area contributed by atoms with Gasteiger partial charge in [-0.3, -0.25) is 14.4 Å². The Bertz CT molecular complexity index is 864. The number of aromatic nitrogens is 3. The number of piperidine rings is 1. The minimum absolute atomic E-state index is 0.0374. The molecule has 2 aliphatic rings. The molecule has 4 rings (SSSR count). The van der Waals surface area contributed by atoms with Crippen LogP contribution in [0.25, 0.3) is 0 Å². The maximum absolute atomic E-state index is 13.0. The number of likely N-dealkylation sites (tertiary alicyclic amines) is 1. The molecule has 9 heteroatoms. The van der Waals surface area contributed by atoms with Gasteiger partial charge in [0.05, 0.1) is 13.1 Å². The highest BCUT2D eigenvalue weighted by molar-refractivity contribution is 5.78. The highest BCUT2D eigenvalue weighted by Crippen LogP contribution is 2.22. The van der Waals surface area contributed by atoms with E-state index in [1.807, 2.05) is 23.6 Å². The van der Waals surface area contributed by atoms with Crippen LogP contribution in [0.5, 0.6) is 5.75 Å². The first-order valence-corrected chi connectivity index (χ1v) is 10.4. The van der Waals surface area contributed by atoms with Crippen LogP contribution in [0.15, 0.2) is 24.3 Å². The van der Waals surface area contributed by atoms with Crippen molar-refractivity contribution in [2.45, 2.75) is 38.5 Å². The summed E-state index contributed by atoms with van der Waals surface area (Å²) in [4.78, 5) is 21.2. The Morgan fingerprint density at radius 1 is 1.23 bits per heavy atom. The highest BCUT2D eigenvalue weighted by Gasteiger charge is 2.34. The zero-order valence-electron chi connectivity index (χ0n) is 17.5. The highest BCUT2D eigenvalue weighted by atomic mass is 19.1. The van der Waals surface area contributed by atoms with Gasteiger partial charge in [-0.25, -0.2) is 9.37 Å². The molecule has 1 atom stereocenters. The summed E-state index contributed by atoms with van der Waals surface area (Å²) in [7, 11) is 1.92. The molecule has 3 heterocycles. The monoisotopic (exact) mass is 417 g/mol. The summed E-state index contributed by atoms with van der Waals surface area (Å²) in [5.74, 6) is 2.08. The molecule has 2 aliphatic heterocycles. The number of hydrogen-bond acceptors (Lipinski definition) is 6. The summed E-state index contributed by atoms with van der Waals surface area (Å²) in [5.41, 5.74) is 0. The molecule has 0 spiro atoms. The third-order valence-electron chi connectivity index (χ3n) is 5.73. The third-order valence-corrected chi connectivity index (χ3v) is 5.73. The molecule has 2 fully saturated rings. The van der Waals surface area contributed by atoms with Crippen LogP contribution >= 0.6 is 0 Å². The lowest BCUT2D eigenvalue weighted by Crippen LogP contribution is -2.55. The molecular formula is C21H28FN5O3. The largest absolute Gasteiger partial charge is 0.491 e. The SMILES string of the molecule is Cc1nc(CN2CCC(N3CC(COc4ccc(F)cc4)OCC3=O)CC2)n(C)n1. The average Bonchev–Trinajstić information content (AvgIpc) is 3.06. The van der Waals surface area contributed by atoms with Crippen molar-refractivity contribution in [2.75, 3.05) is 32.8 Å². The normalized spacial score (nSPS) is 21.2. The van der Waals surface area contributed by atoms with E-state index in [1.165, 1.54) is 12.1 Å². The fraction of sp³-hybridized carbons (Fsp3) is 0.571. The van der Waals surface area contributed by atoms with Gasteiger partial charge in [0.2, 0.25) is 5.91 Å². The van der Waals surface area contributed by atoms with Crippen LogP contribution in [-0.4, -0.2) is 75.5 Å². The summed E-state index contributed by atoms with van der Waals surface area (Å²) in [6, 6.07) is 6.13. The second-order valence-electron chi connectivity index (χ2n) is 7.95. The van der Waals surface area contributed by atoms with Crippen LogP contribution < -0.4 is 4.74 Å². The third kappa shape index (κ3) is 4.96. The summed E-state index contributed by atoms with van der Waals surface area (Å²) < 4.78 is 26.2. The van der Waals surface area contributed by atoms with Gasteiger partial charge in [0.1, 0.15) is 42.5 Å². The number of aryl methyl sites for hydroxylation is 2. The van der Waals surface area contributed by atoms with Crippen molar-refractivity contribution in [3.63, 3.8) is 0 Å². The molecule has 0 bridgehead atoms. The smallest absolute Gasteiger partial charge is 0.248 e. The molecule has 0 N–H and O–H groups in total. The quantitative estimate of drug-likeness (QED) is 0.710. The van der Waals surface area contributed by atoms with Gasteiger partial charge in [0.15, 0.2) is 0 Å². The first kappa shape index (κ1) is 20.7. The number of morpholine rings is 1. The fourth-order valence-corrected chi connectivity index (χ4v) is 4.10. The van der Waals surface area contributed by atoms with Crippen LogP contribution in [0.1, 0.15) is 24.5 Å². The first-order chi connectivity index (χ1) is 14.5. The Morgan fingerprint density at radius 3 is 2.63 bits per heavy atom. The van der Waals surface area contributed by atoms with Crippen molar-refractivity contribution < 1.29 is 18.7 Å². The summed E-state index contributed by atoms with van der Waals surface area (Å²) in [6.45, 7) is 5.43. The van der Waals surface area contributed by atoms with Gasteiger partial charge >= 0.3 is 0 Å². The van der Waals surface area contributed by atoms with Crippen LogP contribution in [0.4, 0.5) is 4.39 Å². The maximum atomic E-state index is 13.0. The molecule has 0 saturated carbocycles. The molecule has 162 valence electrons. The molecule has 0 aliphatic carbocycles. The van der Waals surface area contributed by atoms with E-state index in [4.69, 9.17) is 9.47 Å². The molecule has 1 unspecified atom stereocenters. The summed E-state index contributed by atoms with van der Waals surface area (Å²) >= 11 is 0. The van der Waals surface area contributed by atoms with Crippen molar-refractivity contribution >= 4 is 5.91 Å². The Balaban J connectivity index is 1.27. The van der Waals surface area contributed by atoms with Gasteiger partial charge in [-0.15, -0.1) is 0 Å². The van der Waals surface area contributed by atoms with E-state index >= 15 is 0 Å². The molecule has 1 aromatic heterocycles. The molecule has 2 aromatic rings. The number of ether oxygens (including phenoxy) is 2. The lowest BCUT2D eigenvalue weighted by Gasteiger charge is -2.42. The molecule has 1 aromatic carbocycles. The zero-order chi connectivity index (χ0) is 21.1. The Hall–Kier alpha value is -2.52. The Kier molecular flexibility index (Phi) is 6.29. The molecule has 8 nitrogen and oxygen atoms in total. The minimum Gasteiger partial charge on any atom is -0.491 e. The molecule has 1 amide bonds. The molecule has 30 heavy (non-hydrogen) atoms. The van der Waals surface area contributed by atoms with Crippen molar-refractivity contribution in [1.82, 2.24) is 24.6 Å². The zero-order valence-corrected chi connectivity index (χ0v) is 17.5. The molecule has 0 radical (unpaired) electrons. The van der Waals surface area contributed by atoms with Gasteiger partial charge in [-0.1, -0.05) is 0 Å². The lowest BCUT2D eigenvalue weighted by molar-refractivity contribution is -0.155. The number of carbonyl (C=O) groups is 1. The number of halogens is 1. The lowest BCUT2D eigenvalue weighted by atomic mass is 10.0. The Morgan fingerprint density at radius 2 is 1.97 bits per heavy atom. The van der Waals surface area contributed by atoms with Gasteiger partial charge in [-0.2, -0.15) is 5.10 Å². The van der Waals surface area contributed by atoms with Gasteiger partial charge in [0.25, 0.3) is 0 Å². The van der Waals surface area contributed by atoms with Crippen LogP contribution in [-0.2, 0) is 23.1 Å². The summed E-state index contributed by atoms with van der Waals surface area (Å²) in [5, 5.41) is 4.31. The van der Waals surface area contributed by atoms with Gasteiger partial charge < -0.3 is 14.4 Å². The predicted octanol–water partition coefficient (Wildman–Crippen LogP) is 1.53. The number of carbonyl (C=O) groups excluding carboxylic acids is 1. The predicted molar refractivity (Wildman–Crippen MR) is 107 cm³/mol. The van der Waals surface area contributed by atoms with Crippen LogP contribution in [0, 0.1) is 12.7 Å². The molecule has 2 saturated heterocycles. The van der Waals surface area contributed by atoms with Crippen LogP contribution in [0.3, 0.4) is 0 Å². The molecular weight excluding hydrogens is 389 g/mol. The van der Waals surface area contributed by atoms with Crippen molar-refractivity contribution in [1.29, 1.82) is 0 Å². The van der Waals surface area contributed by atoms with E-state index in [-0.39, 0.29) is 30.5 Å². The maximum Gasteiger partial charge on any atom is 0.248 e. The number of benzene rings is 1. The van der Waals surface area contributed by atoms with E-state index < -0.39 is 0 Å². The van der Waals surface area contributed by atoms with E-state index in [0.29, 0.717) is 18.9 Å². The standard InChI is InChI=1S/C21H28FN5O3/c1-15-23-20(25(2)24-15)12-26-9-7-17(8-10-26)27-11-19(30-14-21(27)28)13-29-18-5-3-16(22)4-6-18/h3-6,17,19H,7-14H2,1-2H3. The van der Waals surface area contributed by atoms with E-state index in [0.717, 1.165) is 44.1 Å². The summed E-state index contributed by atoms with van der Waals surface area (Å²) in [6.07, 6.45) is 1.66. The van der Waals surface area contributed by atoms with Crippen molar-refractivity contribution in [2.24, 2.45) is 7.05 Å². The van der Waals surface area contributed by atoms with Gasteiger partial charge in [0, 0.05) is 26.2 Å². The van der Waals surface area contributed by atoms with E-state index in [2.05, 4.69) is 15.0 Å². The second-order valence-corrected chi connectivity index (χ2v) is 7.95. The van der Waals surface area contributed by atoms with Crippen molar-refractivity contribution in [3.05, 3.63) is 41.7 Å².